The fourth-order valence-corrected chi connectivity index (χ4v) is 3.32. The molecule has 4 heteroatoms. The van der Waals surface area contributed by atoms with Crippen molar-refractivity contribution in [1.82, 2.24) is 5.32 Å². The summed E-state index contributed by atoms with van der Waals surface area (Å²) in [6, 6.07) is 5.35. The maximum Gasteiger partial charge on any atom is 0.166 e. The molecule has 2 saturated heterocycles. The second kappa shape index (κ2) is 4.93. The quantitative estimate of drug-likeness (QED) is 0.852. The SMILES string of the molecule is COc1cc(C(=O)C2CC3CCC(C2)N3)ccc1F. The Morgan fingerprint density at radius 1 is 1.32 bits per heavy atom. The van der Waals surface area contributed by atoms with Gasteiger partial charge in [-0.1, -0.05) is 0 Å². The van der Waals surface area contributed by atoms with Gasteiger partial charge in [0.05, 0.1) is 7.11 Å². The maximum atomic E-state index is 13.4. The zero-order valence-corrected chi connectivity index (χ0v) is 11.0. The molecule has 0 radical (unpaired) electrons. The molecule has 19 heavy (non-hydrogen) atoms. The van der Waals surface area contributed by atoms with Gasteiger partial charge < -0.3 is 10.1 Å². The van der Waals surface area contributed by atoms with Gasteiger partial charge in [0.2, 0.25) is 0 Å². The van der Waals surface area contributed by atoms with Crippen molar-refractivity contribution < 1.29 is 13.9 Å². The number of hydrogen-bond donors (Lipinski definition) is 1. The third kappa shape index (κ3) is 2.37. The highest BCUT2D eigenvalue weighted by molar-refractivity contribution is 5.98. The first-order valence-corrected chi connectivity index (χ1v) is 6.81. The van der Waals surface area contributed by atoms with E-state index >= 15 is 0 Å². The van der Waals surface area contributed by atoms with Crippen molar-refractivity contribution in [3.05, 3.63) is 29.6 Å². The van der Waals surface area contributed by atoms with E-state index in [0.717, 1.165) is 12.8 Å². The molecule has 102 valence electrons. The summed E-state index contributed by atoms with van der Waals surface area (Å²) >= 11 is 0. The summed E-state index contributed by atoms with van der Waals surface area (Å²) in [6.07, 6.45) is 4.13. The minimum atomic E-state index is -0.426. The van der Waals surface area contributed by atoms with E-state index in [-0.39, 0.29) is 17.5 Å². The van der Waals surface area contributed by atoms with Crippen molar-refractivity contribution in [2.45, 2.75) is 37.8 Å². The Hall–Kier alpha value is -1.42. The molecule has 0 spiro atoms. The second-order valence-electron chi connectivity index (χ2n) is 5.52. The van der Waals surface area contributed by atoms with E-state index in [4.69, 9.17) is 4.74 Å². The fraction of sp³-hybridized carbons (Fsp3) is 0.533. The number of carbonyl (C=O) groups is 1. The first-order valence-electron chi connectivity index (χ1n) is 6.81. The molecule has 3 nitrogen and oxygen atoms in total. The molecule has 2 fully saturated rings. The number of hydrogen-bond acceptors (Lipinski definition) is 3. The topological polar surface area (TPSA) is 38.3 Å². The lowest BCUT2D eigenvalue weighted by molar-refractivity contribution is 0.0875. The number of halogens is 1. The molecule has 1 aromatic rings. The van der Waals surface area contributed by atoms with Crippen LogP contribution in [0.1, 0.15) is 36.0 Å². The van der Waals surface area contributed by atoms with E-state index < -0.39 is 5.82 Å². The van der Waals surface area contributed by atoms with Gasteiger partial charge in [-0.05, 0) is 43.9 Å². The van der Waals surface area contributed by atoms with Gasteiger partial charge in [0, 0.05) is 23.6 Å². The molecule has 2 heterocycles. The van der Waals surface area contributed by atoms with E-state index in [1.807, 2.05) is 0 Å². The number of fused-ring (bicyclic) bond motifs is 2. The second-order valence-corrected chi connectivity index (χ2v) is 5.52. The summed E-state index contributed by atoms with van der Waals surface area (Å²) in [6.45, 7) is 0. The predicted octanol–water partition coefficient (Wildman–Crippen LogP) is 2.55. The Balaban J connectivity index is 1.80. The number of benzene rings is 1. The van der Waals surface area contributed by atoms with Crippen LogP contribution in [0.25, 0.3) is 0 Å². The Morgan fingerprint density at radius 3 is 2.63 bits per heavy atom. The minimum Gasteiger partial charge on any atom is -0.494 e. The first-order chi connectivity index (χ1) is 9.17. The summed E-state index contributed by atoms with van der Waals surface area (Å²) in [5.74, 6) is -0.0993. The number of rotatable bonds is 3. The summed E-state index contributed by atoms with van der Waals surface area (Å²) in [5, 5.41) is 3.52. The first kappa shape index (κ1) is 12.6. The maximum absolute atomic E-state index is 13.4. The molecular weight excluding hydrogens is 245 g/mol. The summed E-state index contributed by atoms with van der Waals surface area (Å²) in [7, 11) is 1.41. The van der Waals surface area contributed by atoms with Crippen molar-refractivity contribution in [1.29, 1.82) is 0 Å². The Bertz CT molecular complexity index is 491. The van der Waals surface area contributed by atoms with Crippen LogP contribution >= 0.6 is 0 Å². The van der Waals surface area contributed by atoms with Crippen molar-refractivity contribution >= 4 is 5.78 Å². The summed E-state index contributed by atoms with van der Waals surface area (Å²) < 4.78 is 18.3. The highest BCUT2D eigenvalue weighted by Crippen LogP contribution is 2.33. The number of nitrogens with one attached hydrogen (secondary N) is 1. The lowest BCUT2D eigenvalue weighted by Gasteiger charge is -2.28. The summed E-state index contributed by atoms with van der Waals surface area (Å²) in [5.41, 5.74) is 0.560. The van der Waals surface area contributed by atoms with Gasteiger partial charge in [0.1, 0.15) is 0 Å². The molecule has 2 bridgehead atoms. The van der Waals surface area contributed by atoms with E-state index in [2.05, 4.69) is 5.32 Å². The average molecular weight is 263 g/mol. The molecule has 2 aliphatic rings. The van der Waals surface area contributed by atoms with Crippen LogP contribution in [0.5, 0.6) is 5.75 Å². The van der Waals surface area contributed by atoms with E-state index in [0.29, 0.717) is 17.6 Å². The van der Waals surface area contributed by atoms with Gasteiger partial charge >= 0.3 is 0 Å². The number of ketones is 1. The Kier molecular flexibility index (Phi) is 3.27. The molecule has 0 saturated carbocycles. The lowest BCUT2D eigenvalue weighted by Crippen LogP contribution is -2.40. The van der Waals surface area contributed by atoms with Crippen LogP contribution in [0.3, 0.4) is 0 Å². The third-order valence-electron chi connectivity index (χ3n) is 4.28. The molecule has 1 aromatic carbocycles. The van der Waals surface area contributed by atoms with Crippen LogP contribution in [-0.2, 0) is 0 Å². The van der Waals surface area contributed by atoms with Crippen molar-refractivity contribution in [2.75, 3.05) is 7.11 Å². The summed E-state index contributed by atoms with van der Waals surface area (Å²) in [4.78, 5) is 12.5. The normalized spacial score (nSPS) is 29.3. The van der Waals surface area contributed by atoms with Crippen LogP contribution in [0.15, 0.2) is 18.2 Å². The number of ether oxygens (including phenoxy) is 1. The lowest BCUT2D eigenvalue weighted by atomic mass is 9.86. The molecule has 2 atom stereocenters. The zero-order chi connectivity index (χ0) is 13.4. The van der Waals surface area contributed by atoms with Gasteiger partial charge in [0.25, 0.3) is 0 Å². The number of methoxy groups -OCH3 is 1. The molecule has 2 unspecified atom stereocenters. The highest BCUT2D eigenvalue weighted by Gasteiger charge is 2.36. The van der Waals surface area contributed by atoms with Crippen molar-refractivity contribution in [3.8, 4) is 5.75 Å². The number of piperidine rings is 1. The molecule has 0 aliphatic carbocycles. The minimum absolute atomic E-state index is 0.0638. The monoisotopic (exact) mass is 263 g/mol. The fourth-order valence-electron chi connectivity index (χ4n) is 3.32. The van der Waals surface area contributed by atoms with E-state index in [1.54, 1.807) is 6.07 Å². The Labute approximate surface area is 112 Å². The smallest absolute Gasteiger partial charge is 0.166 e. The third-order valence-corrected chi connectivity index (χ3v) is 4.28. The number of carbonyl (C=O) groups excluding carboxylic acids is 1. The van der Waals surface area contributed by atoms with Crippen LogP contribution in [0.4, 0.5) is 4.39 Å². The number of Topliss-reactive ketones (excluding diaryl/α,β-unsaturated/α-hetero) is 1. The van der Waals surface area contributed by atoms with Crippen LogP contribution < -0.4 is 10.1 Å². The van der Waals surface area contributed by atoms with Crippen LogP contribution in [0.2, 0.25) is 0 Å². The average Bonchev–Trinajstić information content (AvgIpc) is 2.77. The van der Waals surface area contributed by atoms with Crippen molar-refractivity contribution in [3.63, 3.8) is 0 Å². The Morgan fingerprint density at radius 2 is 2.00 bits per heavy atom. The molecule has 1 N–H and O–H groups in total. The van der Waals surface area contributed by atoms with Crippen molar-refractivity contribution in [2.24, 2.45) is 5.92 Å². The highest BCUT2D eigenvalue weighted by atomic mass is 19.1. The molecule has 0 amide bonds. The van der Waals surface area contributed by atoms with Gasteiger partial charge in [0.15, 0.2) is 17.3 Å². The van der Waals surface area contributed by atoms with Crippen LogP contribution in [-0.4, -0.2) is 25.0 Å². The molecular formula is C15H18FNO2. The van der Waals surface area contributed by atoms with E-state index in [9.17, 15) is 9.18 Å². The zero-order valence-electron chi connectivity index (χ0n) is 11.0. The standard InChI is InChI=1S/C15H18FNO2/c1-19-14-8-9(2-5-13(14)16)15(18)10-6-11-3-4-12(7-10)17-11/h2,5,8,10-12,17H,3-4,6-7H2,1H3. The molecule has 3 rings (SSSR count). The predicted molar refractivity (Wildman–Crippen MR) is 70.0 cm³/mol. The largest absolute Gasteiger partial charge is 0.494 e. The van der Waals surface area contributed by atoms with Gasteiger partial charge in [-0.3, -0.25) is 4.79 Å². The van der Waals surface area contributed by atoms with Gasteiger partial charge in [-0.25, -0.2) is 4.39 Å². The van der Waals surface area contributed by atoms with E-state index in [1.165, 1.54) is 32.1 Å². The van der Waals surface area contributed by atoms with Crippen LogP contribution in [0, 0.1) is 11.7 Å². The van der Waals surface area contributed by atoms with Gasteiger partial charge in [-0.2, -0.15) is 0 Å². The molecule has 2 aliphatic heterocycles. The van der Waals surface area contributed by atoms with Gasteiger partial charge in [-0.15, -0.1) is 0 Å². The molecule has 0 aromatic heterocycles.